The molecule has 2 rings (SSSR count). The lowest BCUT2D eigenvalue weighted by atomic mass is 9.88. The highest BCUT2D eigenvalue weighted by atomic mass is 16.6. The zero-order chi connectivity index (χ0) is 12.6. The van der Waals surface area contributed by atoms with Gasteiger partial charge >= 0.3 is 6.09 Å². The molecule has 0 aromatic heterocycles. The second-order valence-electron chi connectivity index (χ2n) is 5.78. The summed E-state index contributed by atoms with van der Waals surface area (Å²) in [5.41, 5.74) is -0.553. The summed E-state index contributed by atoms with van der Waals surface area (Å²) >= 11 is 0. The van der Waals surface area contributed by atoms with Crippen LogP contribution in [0.5, 0.6) is 0 Å². The van der Waals surface area contributed by atoms with Gasteiger partial charge in [0.15, 0.2) is 0 Å². The first-order valence-corrected chi connectivity index (χ1v) is 6.13. The maximum absolute atomic E-state index is 12.1. The smallest absolute Gasteiger partial charge is 0.417 e. The van der Waals surface area contributed by atoms with Crippen molar-refractivity contribution in [2.45, 2.75) is 32.8 Å². The van der Waals surface area contributed by atoms with Crippen LogP contribution in [0, 0.1) is 11.8 Å². The van der Waals surface area contributed by atoms with Gasteiger partial charge in [-0.15, -0.1) is 0 Å². The van der Waals surface area contributed by atoms with Crippen molar-refractivity contribution >= 4 is 12.0 Å². The van der Waals surface area contributed by atoms with E-state index in [2.05, 4.69) is 5.32 Å². The zero-order valence-electron chi connectivity index (χ0n) is 10.7. The Bertz CT molecular complexity index is 335. The van der Waals surface area contributed by atoms with Gasteiger partial charge in [-0.05, 0) is 39.7 Å². The summed E-state index contributed by atoms with van der Waals surface area (Å²) < 4.78 is 5.24. The Balaban J connectivity index is 2.02. The molecule has 0 spiro atoms. The number of imide groups is 1. The second kappa shape index (κ2) is 4.29. The standard InChI is InChI=1S/C12H20N2O3/c1-12(2,3)17-11(16)14-5-4-8-6-13-7-9(8)10(14)15/h8-9,13H,4-7H2,1-3H3/t8-,9+/m0/s1. The molecule has 17 heavy (non-hydrogen) atoms. The first-order chi connectivity index (χ1) is 7.88. The van der Waals surface area contributed by atoms with Gasteiger partial charge < -0.3 is 10.1 Å². The summed E-state index contributed by atoms with van der Waals surface area (Å²) in [7, 11) is 0. The maximum atomic E-state index is 12.1. The van der Waals surface area contributed by atoms with E-state index in [-0.39, 0.29) is 11.8 Å². The molecule has 2 heterocycles. The van der Waals surface area contributed by atoms with Crippen molar-refractivity contribution in [1.29, 1.82) is 0 Å². The van der Waals surface area contributed by atoms with Gasteiger partial charge in [0.05, 0.1) is 5.92 Å². The third kappa shape index (κ3) is 2.60. The number of fused-ring (bicyclic) bond motifs is 1. The minimum atomic E-state index is -0.553. The van der Waals surface area contributed by atoms with Crippen LogP contribution in [0.15, 0.2) is 0 Å². The molecule has 2 aliphatic rings. The van der Waals surface area contributed by atoms with E-state index in [0.717, 1.165) is 13.0 Å². The third-order valence-corrected chi connectivity index (χ3v) is 3.26. The normalized spacial score (nSPS) is 29.1. The van der Waals surface area contributed by atoms with Crippen LogP contribution >= 0.6 is 0 Å². The molecular formula is C12H20N2O3. The van der Waals surface area contributed by atoms with Crippen LogP contribution < -0.4 is 5.32 Å². The molecule has 2 saturated heterocycles. The fourth-order valence-electron chi connectivity index (χ4n) is 2.43. The molecule has 0 saturated carbocycles. The number of ether oxygens (including phenoxy) is 1. The van der Waals surface area contributed by atoms with Gasteiger partial charge in [0.25, 0.3) is 0 Å². The van der Waals surface area contributed by atoms with Gasteiger partial charge in [0.2, 0.25) is 5.91 Å². The molecule has 0 bridgehead atoms. The average Bonchev–Trinajstić information content (AvgIpc) is 2.63. The Kier molecular flexibility index (Phi) is 3.12. The van der Waals surface area contributed by atoms with E-state index >= 15 is 0 Å². The molecule has 2 amide bonds. The second-order valence-corrected chi connectivity index (χ2v) is 5.78. The highest BCUT2D eigenvalue weighted by Gasteiger charge is 2.42. The zero-order valence-corrected chi connectivity index (χ0v) is 10.7. The van der Waals surface area contributed by atoms with Gasteiger partial charge in [-0.1, -0.05) is 0 Å². The number of nitrogens with zero attached hydrogens (tertiary/aromatic N) is 1. The van der Waals surface area contributed by atoms with Crippen LogP contribution in [-0.2, 0) is 9.53 Å². The Morgan fingerprint density at radius 2 is 2.12 bits per heavy atom. The van der Waals surface area contributed by atoms with Crippen molar-refractivity contribution in [2.75, 3.05) is 19.6 Å². The number of nitrogens with one attached hydrogen (secondary N) is 1. The predicted molar refractivity (Wildman–Crippen MR) is 62.4 cm³/mol. The molecule has 1 N–H and O–H groups in total. The number of likely N-dealkylation sites (tertiary alicyclic amines) is 1. The Morgan fingerprint density at radius 3 is 2.76 bits per heavy atom. The number of amides is 2. The van der Waals surface area contributed by atoms with Crippen molar-refractivity contribution in [1.82, 2.24) is 10.2 Å². The number of carbonyl (C=O) groups is 2. The molecule has 0 radical (unpaired) electrons. The van der Waals surface area contributed by atoms with Gasteiger partial charge in [0.1, 0.15) is 5.60 Å². The monoisotopic (exact) mass is 240 g/mol. The first-order valence-electron chi connectivity index (χ1n) is 6.13. The molecule has 2 atom stereocenters. The Labute approximate surface area is 101 Å². The quantitative estimate of drug-likeness (QED) is 0.686. The maximum Gasteiger partial charge on any atom is 0.417 e. The Hall–Kier alpha value is -1.10. The van der Waals surface area contributed by atoms with Gasteiger partial charge in [-0.25, -0.2) is 9.69 Å². The summed E-state index contributed by atoms with van der Waals surface area (Å²) in [6, 6.07) is 0. The summed E-state index contributed by atoms with van der Waals surface area (Å²) in [5, 5.41) is 3.20. The lowest BCUT2D eigenvalue weighted by Gasteiger charge is -2.33. The first kappa shape index (κ1) is 12.4. The highest BCUT2D eigenvalue weighted by Crippen LogP contribution is 2.28. The van der Waals surface area contributed by atoms with Gasteiger partial charge in [0, 0.05) is 13.1 Å². The summed E-state index contributed by atoms with van der Waals surface area (Å²) in [4.78, 5) is 25.3. The number of hydrogen-bond donors (Lipinski definition) is 1. The lowest BCUT2D eigenvalue weighted by molar-refractivity contribution is -0.138. The van der Waals surface area contributed by atoms with Crippen LogP contribution in [0.4, 0.5) is 4.79 Å². The molecule has 5 heteroatoms. The van der Waals surface area contributed by atoms with E-state index in [9.17, 15) is 9.59 Å². The van der Waals surface area contributed by atoms with Crippen LogP contribution in [-0.4, -0.2) is 42.1 Å². The van der Waals surface area contributed by atoms with E-state index < -0.39 is 11.7 Å². The van der Waals surface area contributed by atoms with Crippen LogP contribution in [0.3, 0.4) is 0 Å². The predicted octanol–water partition coefficient (Wildman–Crippen LogP) is 0.989. The van der Waals surface area contributed by atoms with E-state index in [1.165, 1.54) is 4.90 Å². The number of hydrogen-bond acceptors (Lipinski definition) is 4. The summed E-state index contributed by atoms with van der Waals surface area (Å²) in [6.45, 7) is 7.47. The fourth-order valence-corrected chi connectivity index (χ4v) is 2.43. The van der Waals surface area contributed by atoms with Crippen molar-refractivity contribution < 1.29 is 14.3 Å². The van der Waals surface area contributed by atoms with Crippen molar-refractivity contribution in [3.05, 3.63) is 0 Å². The van der Waals surface area contributed by atoms with E-state index in [0.29, 0.717) is 19.0 Å². The van der Waals surface area contributed by atoms with Gasteiger partial charge in [-0.3, -0.25) is 4.79 Å². The highest BCUT2D eigenvalue weighted by molar-refractivity contribution is 5.94. The lowest BCUT2D eigenvalue weighted by Crippen LogP contribution is -2.49. The minimum absolute atomic E-state index is 0.0451. The van der Waals surface area contributed by atoms with Gasteiger partial charge in [-0.2, -0.15) is 0 Å². The van der Waals surface area contributed by atoms with Crippen molar-refractivity contribution in [3.63, 3.8) is 0 Å². The minimum Gasteiger partial charge on any atom is -0.443 e. The number of carbonyl (C=O) groups excluding carboxylic acids is 2. The average molecular weight is 240 g/mol. The molecule has 96 valence electrons. The molecule has 2 aliphatic heterocycles. The van der Waals surface area contributed by atoms with Crippen LogP contribution in [0.2, 0.25) is 0 Å². The molecule has 0 aliphatic carbocycles. The molecule has 0 aromatic carbocycles. The van der Waals surface area contributed by atoms with E-state index in [1.807, 2.05) is 0 Å². The summed E-state index contributed by atoms with van der Waals surface area (Å²) in [5.74, 6) is 0.262. The third-order valence-electron chi connectivity index (χ3n) is 3.26. The fraction of sp³-hybridized carbons (Fsp3) is 0.833. The SMILES string of the molecule is CC(C)(C)OC(=O)N1CC[C@H]2CNC[C@H]2C1=O. The van der Waals surface area contributed by atoms with E-state index in [4.69, 9.17) is 4.74 Å². The Morgan fingerprint density at radius 1 is 1.41 bits per heavy atom. The molecule has 2 fully saturated rings. The van der Waals surface area contributed by atoms with Crippen molar-refractivity contribution in [3.8, 4) is 0 Å². The molecule has 0 aromatic rings. The van der Waals surface area contributed by atoms with Crippen molar-refractivity contribution in [2.24, 2.45) is 11.8 Å². The van der Waals surface area contributed by atoms with Crippen LogP contribution in [0.25, 0.3) is 0 Å². The largest absolute Gasteiger partial charge is 0.443 e. The van der Waals surface area contributed by atoms with Crippen LogP contribution in [0.1, 0.15) is 27.2 Å². The topological polar surface area (TPSA) is 58.6 Å². The van der Waals surface area contributed by atoms with E-state index in [1.54, 1.807) is 20.8 Å². The molecule has 0 unspecified atom stereocenters. The molecular weight excluding hydrogens is 220 g/mol. The number of piperidine rings is 1. The molecule has 5 nitrogen and oxygen atoms in total. The summed E-state index contributed by atoms with van der Waals surface area (Å²) in [6.07, 6.45) is 0.371. The number of rotatable bonds is 0.